The molecule has 1 fully saturated rings. The molecule has 8 nitrogen and oxygen atoms in total. The van der Waals surface area contributed by atoms with Gasteiger partial charge in [0, 0.05) is 24.7 Å². The summed E-state index contributed by atoms with van der Waals surface area (Å²) in [7, 11) is 1.68. The van der Waals surface area contributed by atoms with Crippen LogP contribution >= 0.6 is 0 Å². The SMILES string of the molecule is COc1ccc2nc(CN3CCCC(c4nnc(-c5cnc(C)cn5)o4)C3)ccc2c1. The third-order valence-electron chi connectivity index (χ3n) is 5.64. The molecule has 1 unspecified atom stereocenters. The molecular formula is C23H24N6O2. The fourth-order valence-electron chi connectivity index (χ4n) is 4.00. The summed E-state index contributed by atoms with van der Waals surface area (Å²) >= 11 is 0. The second-order valence-electron chi connectivity index (χ2n) is 7.92. The van der Waals surface area contributed by atoms with Crippen LogP contribution in [0, 0.1) is 6.92 Å². The molecule has 0 amide bonds. The lowest BCUT2D eigenvalue weighted by atomic mass is 9.98. The minimum Gasteiger partial charge on any atom is -0.497 e. The Balaban J connectivity index is 1.28. The van der Waals surface area contributed by atoms with Crippen molar-refractivity contribution in [2.45, 2.75) is 32.2 Å². The number of hydrogen-bond acceptors (Lipinski definition) is 8. The van der Waals surface area contributed by atoms with Gasteiger partial charge in [0.05, 0.1) is 36.1 Å². The van der Waals surface area contributed by atoms with Gasteiger partial charge in [0.15, 0.2) is 0 Å². The van der Waals surface area contributed by atoms with Crippen LogP contribution in [-0.4, -0.2) is 50.2 Å². The van der Waals surface area contributed by atoms with E-state index in [9.17, 15) is 0 Å². The molecule has 5 rings (SSSR count). The van der Waals surface area contributed by atoms with Crippen molar-refractivity contribution in [3.8, 4) is 17.3 Å². The summed E-state index contributed by atoms with van der Waals surface area (Å²) in [6.07, 6.45) is 5.48. The first-order valence-corrected chi connectivity index (χ1v) is 10.5. The zero-order valence-electron chi connectivity index (χ0n) is 17.7. The summed E-state index contributed by atoms with van der Waals surface area (Å²) < 4.78 is 11.2. The quantitative estimate of drug-likeness (QED) is 0.486. The Bertz CT molecular complexity index is 1190. The Morgan fingerprint density at radius 3 is 2.90 bits per heavy atom. The molecule has 0 radical (unpaired) electrons. The van der Waals surface area contributed by atoms with Gasteiger partial charge in [-0.15, -0.1) is 10.2 Å². The van der Waals surface area contributed by atoms with Crippen LogP contribution in [0.3, 0.4) is 0 Å². The minimum absolute atomic E-state index is 0.207. The zero-order valence-corrected chi connectivity index (χ0v) is 17.7. The molecule has 4 aromatic rings. The molecule has 31 heavy (non-hydrogen) atoms. The Morgan fingerprint density at radius 1 is 1.13 bits per heavy atom. The standard InChI is InChI=1S/C23H24N6O2/c1-15-11-25-21(12-24-15)23-28-27-22(31-23)17-4-3-9-29(13-17)14-18-6-5-16-10-19(30-2)7-8-20(16)26-18/h5-8,10-12,17H,3-4,9,13-14H2,1-2H3. The highest BCUT2D eigenvalue weighted by Crippen LogP contribution is 2.29. The lowest BCUT2D eigenvalue weighted by Crippen LogP contribution is -2.34. The highest BCUT2D eigenvalue weighted by molar-refractivity contribution is 5.80. The molecule has 4 heterocycles. The maximum atomic E-state index is 5.95. The third-order valence-corrected chi connectivity index (χ3v) is 5.64. The number of pyridine rings is 1. The summed E-state index contributed by atoms with van der Waals surface area (Å²) in [5.74, 6) is 2.14. The maximum Gasteiger partial charge on any atom is 0.267 e. The lowest BCUT2D eigenvalue weighted by Gasteiger charge is -2.30. The molecule has 0 spiro atoms. The third kappa shape index (κ3) is 4.25. The van der Waals surface area contributed by atoms with E-state index in [0.717, 1.165) is 60.5 Å². The van der Waals surface area contributed by atoms with E-state index in [1.807, 2.05) is 25.1 Å². The Hall–Kier alpha value is -3.39. The molecule has 3 aromatic heterocycles. The van der Waals surface area contributed by atoms with Crippen molar-refractivity contribution in [2.24, 2.45) is 0 Å². The van der Waals surface area contributed by atoms with Gasteiger partial charge in [-0.1, -0.05) is 6.07 Å². The van der Waals surface area contributed by atoms with Crippen LogP contribution in [0.15, 0.2) is 47.1 Å². The first-order valence-electron chi connectivity index (χ1n) is 10.5. The number of likely N-dealkylation sites (tertiary alicyclic amines) is 1. The fraction of sp³-hybridized carbons (Fsp3) is 0.348. The second kappa shape index (κ2) is 8.39. The number of piperidine rings is 1. The van der Waals surface area contributed by atoms with E-state index in [1.54, 1.807) is 19.5 Å². The average Bonchev–Trinajstić information content (AvgIpc) is 3.30. The van der Waals surface area contributed by atoms with E-state index in [2.05, 4.69) is 37.2 Å². The largest absolute Gasteiger partial charge is 0.497 e. The van der Waals surface area contributed by atoms with Gasteiger partial charge >= 0.3 is 0 Å². The highest BCUT2D eigenvalue weighted by Gasteiger charge is 2.26. The maximum absolute atomic E-state index is 5.95. The predicted octanol–water partition coefficient (Wildman–Crippen LogP) is 3.77. The normalized spacial score (nSPS) is 17.2. The molecule has 0 saturated carbocycles. The van der Waals surface area contributed by atoms with Gasteiger partial charge in [0.2, 0.25) is 5.89 Å². The van der Waals surface area contributed by atoms with Crippen molar-refractivity contribution in [3.05, 3.63) is 60.0 Å². The van der Waals surface area contributed by atoms with Crippen LogP contribution in [0.25, 0.3) is 22.5 Å². The van der Waals surface area contributed by atoms with E-state index < -0.39 is 0 Å². The first kappa shape index (κ1) is 19.6. The number of nitrogens with zero attached hydrogens (tertiary/aromatic N) is 6. The Kier molecular flexibility index (Phi) is 5.30. The van der Waals surface area contributed by atoms with Crippen LogP contribution in [-0.2, 0) is 6.54 Å². The number of aryl methyl sites for hydroxylation is 1. The summed E-state index contributed by atoms with van der Waals surface area (Å²) in [4.78, 5) is 15.8. The van der Waals surface area contributed by atoms with Crippen LogP contribution < -0.4 is 4.74 Å². The smallest absolute Gasteiger partial charge is 0.267 e. The van der Waals surface area contributed by atoms with Crippen LogP contribution in [0.4, 0.5) is 0 Å². The van der Waals surface area contributed by atoms with Crippen LogP contribution in [0.5, 0.6) is 5.75 Å². The molecule has 0 N–H and O–H groups in total. The zero-order chi connectivity index (χ0) is 21.2. The first-order chi connectivity index (χ1) is 15.2. The molecule has 8 heteroatoms. The van der Waals surface area contributed by atoms with Gasteiger partial charge in [-0.2, -0.15) is 0 Å². The van der Waals surface area contributed by atoms with Gasteiger partial charge < -0.3 is 9.15 Å². The van der Waals surface area contributed by atoms with Crippen molar-refractivity contribution in [3.63, 3.8) is 0 Å². The van der Waals surface area contributed by atoms with Crippen molar-refractivity contribution in [1.82, 2.24) is 30.0 Å². The van der Waals surface area contributed by atoms with E-state index in [-0.39, 0.29) is 5.92 Å². The summed E-state index contributed by atoms with van der Waals surface area (Å²) in [5.41, 5.74) is 3.49. The highest BCUT2D eigenvalue weighted by atomic mass is 16.5. The van der Waals surface area contributed by atoms with E-state index in [4.69, 9.17) is 14.1 Å². The van der Waals surface area contributed by atoms with E-state index >= 15 is 0 Å². The number of hydrogen-bond donors (Lipinski definition) is 0. The van der Waals surface area contributed by atoms with Crippen molar-refractivity contribution in [1.29, 1.82) is 0 Å². The molecule has 1 aliphatic rings. The summed E-state index contributed by atoms with van der Waals surface area (Å²) in [6, 6.07) is 10.2. The van der Waals surface area contributed by atoms with E-state index in [1.165, 1.54) is 0 Å². The van der Waals surface area contributed by atoms with Gasteiger partial charge in [0.1, 0.15) is 11.4 Å². The number of ether oxygens (including phenoxy) is 1. The van der Waals surface area contributed by atoms with Crippen molar-refractivity contribution in [2.75, 3.05) is 20.2 Å². The topological polar surface area (TPSA) is 90.1 Å². The number of aromatic nitrogens is 5. The molecule has 0 bridgehead atoms. The molecule has 1 aromatic carbocycles. The van der Waals surface area contributed by atoms with Gasteiger partial charge in [-0.05, 0) is 50.6 Å². The fourth-order valence-corrected chi connectivity index (χ4v) is 4.00. The Labute approximate surface area is 180 Å². The van der Waals surface area contributed by atoms with Crippen LogP contribution in [0.2, 0.25) is 0 Å². The molecule has 0 aliphatic carbocycles. The lowest BCUT2D eigenvalue weighted by molar-refractivity contribution is 0.185. The summed E-state index contributed by atoms with van der Waals surface area (Å²) in [5, 5.41) is 9.57. The average molecular weight is 416 g/mol. The molecular weight excluding hydrogens is 392 g/mol. The number of fused-ring (bicyclic) bond motifs is 1. The van der Waals surface area contributed by atoms with Gasteiger partial charge in [-0.3, -0.25) is 14.9 Å². The number of methoxy groups -OCH3 is 1. The number of benzene rings is 1. The molecule has 158 valence electrons. The number of rotatable bonds is 5. The van der Waals surface area contributed by atoms with Crippen molar-refractivity contribution >= 4 is 10.9 Å². The van der Waals surface area contributed by atoms with E-state index in [0.29, 0.717) is 17.5 Å². The second-order valence-corrected chi connectivity index (χ2v) is 7.92. The Morgan fingerprint density at radius 2 is 2.06 bits per heavy atom. The minimum atomic E-state index is 0.207. The van der Waals surface area contributed by atoms with Gasteiger partial charge in [0.25, 0.3) is 5.89 Å². The molecule has 1 saturated heterocycles. The van der Waals surface area contributed by atoms with Crippen molar-refractivity contribution < 1.29 is 9.15 Å². The predicted molar refractivity (Wildman–Crippen MR) is 116 cm³/mol. The van der Waals surface area contributed by atoms with Crippen LogP contribution in [0.1, 0.15) is 36.0 Å². The monoisotopic (exact) mass is 416 g/mol. The van der Waals surface area contributed by atoms with Gasteiger partial charge in [-0.25, -0.2) is 4.98 Å². The summed E-state index contributed by atoms with van der Waals surface area (Å²) in [6.45, 7) is 4.59. The molecule has 1 atom stereocenters. The molecule has 1 aliphatic heterocycles.